The number of aromatic amines is 1. The molecule has 3 amide bonds. The van der Waals surface area contributed by atoms with Crippen LogP contribution in [-0.2, 0) is 84.5 Å². The van der Waals surface area contributed by atoms with Gasteiger partial charge in [0.25, 0.3) is 11.6 Å². The maximum atomic E-state index is 16.0. The lowest BCUT2D eigenvalue weighted by molar-refractivity contribution is -0.744. The third-order valence-corrected chi connectivity index (χ3v) is 21.1. The summed E-state index contributed by atoms with van der Waals surface area (Å²) in [7, 11) is 0. The van der Waals surface area contributed by atoms with Crippen molar-refractivity contribution in [1.29, 1.82) is 0 Å². The number of unbranched alkanes of at least 4 members (excludes halogenated alkanes) is 2. The number of amides is 3. The minimum absolute atomic E-state index is 0.00355. The van der Waals surface area contributed by atoms with Crippen LogP contribution in [-0.4, -0.2) is 158 Å². The van der Waals surface area contributed by atoms with Gasteiger partial charge in [0.1, 0.15) is 42.3 Å². The van der Waals surface area contributed by atoms with Crippen LogP contribution in [0.2, 0.25) is 0 Å². The Hall–Kier alpha value is -10.6. The Labute approximate surface area is 599 Å². The standard InChI is InChI=1S/C78H84N6O20/c1-44-56(41-78(98)71(103-73(96)49-27-15-9-16-28-49)69-76(6,57(88)40-58-77(69,43-99-58)104-46(3)86)70(94)67(100-45(2)85)63(44)75(78,4)5)101-74(97)68(64(47-23-11-7-12-24-47)81-72(95)48-25-13-8-14-26-48)102-62(93)35-34-59(89)80-42-60(90)79-37-36-55(87)54-39-50-29-18-19-30-51(50)65-66(53-32-21-20-31-52(53)54)84(83-82-65)38-22-10-17-33-61(91)92/h7-9,11-16,18-21,23-32,54,56-58,64,67-69,71,88,98H,10,17,22,33-43H2,1-6H3,(H4,79,80,81,89,90,91,92,95)/p+1/t54?,56-,57-,58+,64?,67+,68+,69-,71-,76+,77-,78+/m0/s1. The molecule has 2 heterocycles. The summed E-state index contributed by atoms with van der Waals surface area (Å²) in [5.74, 6) is -11.8. The zero-order valence-electron chi connectivity index (χ0n) is 58.6. The smallest absolute Gasteiger partial charge is 0.350 e. The summed E-state index contributed by atoms with van der Waals surface area (Å²) < 4.78 is 39.0. The van der Waals surface area contributed by atoms with Gasteiger partial charge in [-0.1, -0.05) is 134 Å². The molecule has 2 bridgehead atoms. The van der Waals surface area contributed by atoms with E-state index in [1.165, 1.54) is 52.0 Å². The highest BCUT2D eigenvalue weighted by atomic mass is 16.6. The monoisotopic (exact) mass is 1430 g/mol. The molecule has 0 spiro atoms. The molecule has 12 atom stereocenters. The highest BCUT2D eigenvalue weighted by Gasteiger charge is 2.78. The van der Waals surface area contributed by atoms with Gasteiger partial charge in [-0.2, -0.15) is 4.68 Å². The summed E-state index contributed by atoms with van der Waals surface area (Å²) in [4.78, 5) is 154. The van der Waals surface area contributed by atoms with Gasteiger partial charge in [-0.15, -0.1) is 0 Å². The van der Waals surface area contributed by atoms with E-state index in [9.17, 15) is 53.4 Å². The molecule has 3 fully saturated rings. The second-order valence-corrected chi connectivity index (χ2v) is 27.9. The van der Waals surface area contributed by atoms with Crippen molar-refractivity contribution in [3.8, 4) is 22.5 Å². The van der Waals surface area contributed by atoms with Crippen molar-refractivity contribution < 1.29 is 101 Å². The number of esters is 5. The number of carboxylic acid groups (broad SMARTS) is 1. The van der Waals surface area contributed by atoms with Crippen LogP contribution >= 0.6 is 0 Å². The number of benzene rings is 5. The first kappa shape index (κ1) is 74.6. The number of carboxylic acids is 1. The third kappa shape index (κ3) is 15.0. The average Bonchev–Trinajstić information content (AvgIpc) is 0.722. The molecule has 2 unspecified atom stereocenters. The lowest BCUT2D eigenvalue weighted by Crippen LogP contribution is -2.82. The summed E-state index contributed by atoms with van der Waals surface area (Å²) in [6.07, 6.45) is -10.6. The maximum absolute atomic E-state index is 16.0. The van der Waals surface area contributed by atoms with E-state index in [-0.39, 0.29) is 59.4 Å². The largest absolute Gasteiger partial charge is 0.481 e. The molecule has 1 saturated heterocycles. The topological polar surface area (TPSA) is 372 Å². The van der Waals surface area contributed by atoms with E-state index in [4.69, 9.17) is 38.6 Å². The molecule has 1 aromatic heterocycles. The average molecular weight is 1430 g/mol. The third-order valence-electron chi connectivity index (χ3n) is 21.1. The second kappa shape index (κ2) is 31.2. The second-order valence-electron chi connectivity index (χ2n) is 27.9. The van der Waals surface area contributed by atoms with Gasteiger partial charge >= 0.3 is 35.8 Å². The fourth-order valence-corrected chi connectivity index (χ4v) is 15.8. The number of aliphatic hydroxyl groups excluding tert-OH is 1. The van der Waals surface area contributed by atoms with E-state index in [0.29, 0.717) is 37.9 Å². The Balaban J connectivity index is 0.833. The summed E-state index contributed by atoms with van der Waals surface area (Å²) in [6.45, 7) is 7.48. The number of Topliss-reactive ketones (excluding diaryl/α,β-unsaturated/α-hetero) is 2. The lowest BCUT2D eigenvalue weighted by Gasteiger charge is -2.67. The van der Waals surface area contributed by atoms with E-state index < -0.39 is 168 Å². The fraction of sp³-hybridized carbons (Fsp3) is 0.423. The fourth-order valence-electron chi connectivity index (χ4n) is 15.8. The molecule has 26 heteroatoms. The van der Waals surface area contributed by atoms with Crippen molar-refractivity contribution in [2.45, 2.75) is 172 Å². The number of nitrogens with one attached hydrogen (secondary N) is 4. The number of hydrogen-bond acceptors (Lipinski definition) is 20. The molecule has 1 aliphatic heterocycles. The summed E-state index contributed by atoms with van der Waals surface area (Å²) in [5, 5.41) is 51.5. The molecule has 5 aliphatic rings. The Morgan fingerprint density at radius 3 is 2.05 bits per heavy atom. The maximum Gasteiger partial charge on any atom is 0.350 e. The van der Waals surface area contributed by atoms with Crippen molar-refractivity contribution in [2.24, 2.45) is 16.7 Å². The van der Waals surface area contributed by atoms with Gasteiger partial charge in [-0.3, -0.25) is 43.2 Å². The molecule has 11 rings (SSSR count). The summed E-state index contributed by atoms with van der Waals surface area (Å²) in [5.41, 5.74) is -3.40. The molecule has 5 aromatic carbocycles. The number of H-pyrrole nitrogens is 1. The van der Waals surface area contributed by atoms with Gasteiger partial charge in [0.15, 0.2) is 17.5 Å². The molecular formula is C78H85N6O20+. The zero-order chi connectivity index (χ0) is 74.4. The molecule has 2 saturated carbocycles. The Bertz CT molecular complexity index is 4330. The van der Waals surface area contributed by atoms with Crippen LogP contribution in [0.25, 0.3) is 22.5 Å². The number of carbonyl (C=O) groups excluding carboxylic acids is 10. The van der Waals surface area contributed by atoms with Crippen molar-refractivity contribution in [2.75, 3.05) is 19.7 Å². The number of aliphatic carboxylic acids is 1. The van der Waals surface area contributed by atoms with Gasteiger partial charge in [-0.05, 0) is 91.6 Å². The molecule has 7 N–H and O–H groups in total. The Kier molecular flexibility index (Phi) is 22.4. The van der Waals surface area contributed by atoms with E-state index >= 15 is 9.59 Å². The zero-order valence-corrected chi connectivity index (χ0v) is 58.6. The first-order valence-electron chi connectivity index (χ1n) is 34.8. The molecular weight excluding hydrogens is 1340 g/mol. The van der Waals surface area contributed by atoms with Gasteiger partial charge in [0.2, 0.25) is 23.6 Å². The van der Waals surface area contributed by atoms with Crippen LogP contribution in [0.3, 0.4) is 0 Å². The molecule has 0 radical (unpaired) electrons. The first-order valence-corrected chi connectivity index (χ1v) is 34.8. The number of ether oxygens (including phenoxy) is 6. The minimum atomic E-state index is -2.57. The number of ketones is 2. The summed E-state index contributed by atoms with van der Waals surface area (Å²) in [6, 6.07) is 37.2. The molecule has 104 heavy (non-hydrogen) atoms. The predicted octanol–water partition coefficient (Wildman–Crippen LogP) is 6.59. The lowest BCUT2D eigenvalue weighted by atomic mass is 9.44. The number of aliphatic hydroxyl groups is 2. The van der Waals surface area contributed by atoms with E-state index in [1.807, 2.05) is 53.2 Å². The summed E-state index contributed by atoms with van der Waals surface area (Å²) >= 11 is 0. The molecule has 546 valence electrons. The minimum Gasteiger partial charge on any atom is -0.481 e. The number of nitrogens with zero attached hydrogens (tertiary/aromatic N) is 2. The number of hydrogen-bond donors (Lipinski definition) is 7. The van der Waals surface area contributed by atoms with Crippen LogP contribution in [0.1, 0.15) is 149 Å². The van der Waals surface area contributed by atoms with Crippen molar-refractivity contribution >= 4 is 65.1 Å². The van der Waals surface area contributed by atoms with Crippen molar-refractivity contribution in [3.63, 3.8) is 0 Å². The van der Waals surface area contributed by atoms with Crippen LogP contribution in [0.5, 0.6) is 0 Å². The van der Waals surface area contributed by atoms with Crippen LogP contribution in [0, 0.1) is 16.7 Å². The predicted molar refractivity (Wildman–Crippen MR) is 369 cm³/mol. The van der Waals surface area contributed by atoms with Gasteiger partial charge < -0.3 is 59.7 Å². The number of rotatable bonds is 26. The van der Waals surface area contributed by atoms with Crippen LogP contribution < -0.4 is 20.6 Å². The van der Waals surface area contributed by atoms with Gasteiger partial charge in [0.05, 0.1) is 42.6 Å². The molecule has 4 aliphatic carbocycles. The normalized spacial score (nSPS) is 24.6. The number of carbonyl (C=O) groups is 11. The first-order chi connectivity index (χ1) is 49.7. The number of aryl methyl sites for hydroxylation is 1. The van der Waals surface area contributed by atoms with Crippen LogP contribution in [0.15, 0.2) is 151 Å². The Morgan fingerprint density at radius 1 is 0.731 bits per heavy atom. The number of aromatic nitrogens is 3. The van der Waals surface area contributed by atoms with Crippen LogP contribution in [0.4, 0.5) is 0 Å². The Morgan fingerprint density at radius 2 is 1.38 bits per heavy atom. The van der Waals surface area contributed by atoms with E-state index in [2.05, 4.69) is 21.2 Å². The van der Waals surface area contributed by atoms with Gasteiger partial charge in [0, 0.05) is 85.6 Å². The SMILES string of the molecule is CC(=O)O[C@H]1C(=O)[C@@]2(C)[C@H]([C@H](OC(=O)c3ccccc3)[C@]3(O)C[C@H](OC(=O)[C@H](OC(=O)CCC(=O)NCC(=O)NCCC(=O)C4Cc5ccccc5-c5n[nH][n+](CCCCCC(=O)O)c5-c5ccccc54)C(NC(=O)c4ccccc4)c4ccccc4)C(C)=C1C3(C)C)[C@]1(OC(C)=O)CO[C@@H]1C[C@@H]2O. The van der Waals surface area contributed by atoms with E-state index in [0.717, 1.165) is 41.8 Å². The van der Waals surface area contributed by atoms with Crippen molar-refractivity contribution in [1.82, 2.24) is 26.3 Å². The van der Waals surface area contributed by atoms with Crippen molar-refractivity contribution in [3.05, 3.63) is 178 Å². The van der Waals surface area contributed by atoms with Gasteiger partial charge in [-0.25, -0.2) is 9.59 Å². The number of fused-ring (bicyclic) bond motifs is 10. The highest BCUT2D eigenvalue weighted by Crippen LogP contribution is 2.64. The van der Waals surface area contributed by atoms with E-state index in [1.54, 1.807) is 66.7 Å². The molecule has 6 aromatic rings. The highest BCUT2D eigenvalue weighted by molar-refractivity contribution is 5.97. The quantitative estimate of drug-likeness (QED) is 0.00990. The molecule has 26 nitrogen and oxygen atoms in total.